The van der Waals surface area contributed by atoms with Gasteiger partial charge in [0.1, 0.15) is 0 Å². The van der Waals surface area contributed by atoms with E-state index < -0.39 is 0 Å². The lowest BCUT2D eigenvalue weighted by atomic mass is 10.1. The summed E-state index contributed by atoms with van der Waals surface area (Å²) in [6.07, 6.45) is 4.87. The number of amides is 1. The number of hydrogen-bond acceptors (Lipinski definition) is 4. The third-order valence-corrected chi connectivity index (χ3v) is 4.49. The molecule has 1 atom stereocenters. The van der Waals surface area contributed by atoms with Crippen molar-refractivity contribution in [2.75, 3.05) is 45.8 Å². The fourth-order valence-corrected chi connectivity index (χ4v) is 2.97. The Kier molecular flexibility index (Phi) is 7.49. The summed E-state index contributed by atoms with van der Waals surface area (Å²) in [6.45, 7) is 12.0. The molecule has 0 radical (unpaired) electrons. The average Bonchev–Trinajstić information content (AvgIpc) is 2.60. The molecule has 0 aliphatic carbocycles. The molecule has 2 rings (SSSR count). The van der Waals surface area contributed by atoms with Gasteiger partial charge in [0, 0.05) is 58.1 Å². The first-order chi connectivity index (χ1) is 11.2. The maximum absolute atomic E-state index is 11.9. The summed E-state index contributed by atoms with van der Waals surface area (Å²) < 4.78 is 0. The number of carbonyl (C=O) groups is 1. The first-order valence-corrected chi connectivity index (χ1v) is 8.77. The van der Waals surface area contributed by atoms with Gasteiger partial charge < -0.3 is 15.1 Å². The number of carbonyl (C=O) groups excluding carboxylic acids is 1. The maximum Gasteiger partial charge on any atom is 0.220 e. The first-order valence-electron chi connectivity index (χ1n) is 8.77. The predicted octanol–water partition coefficient (Wildman–Crippen LogP) is 1.40. The van der Waals surface area contributed by atoms with E-state index in [0.29, 0.717) is 12.3 Å². The highest BCUT2D eigenvalue weighted by Gasteiger charge is 2.17. The zero-order chi connectivity index (χ0) is 16.5. The van der Waals surface area contributed by atoms with Crippen molar-refractivity contribution in [1.29, 1.82) is 0 Å². The summed E-state index contributed by atoms with van der Waals surface area (Å²) in [5.41, 5.74) is 1.12. The summed E-state index contributed by atoms with van der Waals surface area (Å²) in [7, 11) is 0. The van der Waals surface area contributed by atoms with Gasteiger partial charge in [0.25, 0.3) is 0 Å². The molecular formula is C18H30N4O. The molecule has 128 valence electrons. The van der Waals surface area contributed by atoms with E-state index in [1.165, 1.54) is 13.1 Å². The predicted molar refractivity (Wildman–Crippen MR) is 93.3 cm³/mol. The topological polar surface area (TPSA) is 48.5 Å². The Bertz CT molecular complexity index is 457. The van der Waals surface area contributed by atoms with Crippen LogP contribution >= 0.6 is 0 Å². The van der Waals surface area contributed by atoms with Crippen molar-refractivity contribution in [2.24, 2.45) is 5.92 Å². The highest BCUT2D eigenvalue weighted by atomic mass is 16.1. The quantitative estimate of drug-likeness (QED) is 0.787. The molecule has 2 heterocycles. The molecule has 1 amide bonds. The van der Waals surface area contributed by atoms with Gasteiger partial charge in [-0.05, 0) is 30.5 Å². The fourth-order valence-electron chi connectivity index (χ4n) is 2.97. The molecule has 1 fully saturated rings. The molecule has 1 aliphatic rings. The molecule has 5 nitrogen and oxygen atoms in total. The lowest BCUT2D eigenvalue weighted by molar-refractivity contribution is -0.121. The van der Waals surface area contributed by atoms with Gasteiger partial charge in [0.2, 0.25) is 5.91 Å². The minimum atomic E-state index is 0.136. The van der Waals surface area contributed by atoms with Gasteiger partial charge in [-0.1, -0.05) is 19.9 Å². The third kappa shape index (κ3) is 6.67. The average molecular weight is 318 g/mol. The van der Waals surface area contributed by atoms with Crippen LogP contribution in [0.2, 0.25) is 0 Å². The van der Waals surface area contributed by atoms with E-state index in [9.17, 15) is 4.79 Å². The van der Waals surface area contributed by atoms with Crippen molar-refractivity contribution in [3.63, 3.8) is 0 Å². The molecule has 1 N–H and O–H groups in total. The number of aromatic nitrogens is 1. The fraction of sp³-hybridized carbons (Fsp3) is 0.667. The van der Waals surface area contributed by atoms with Gasteiger partial charge in [-0.25, -0.2) is 0 Å². The van der Waals surface area contributed by atoms with Gasteiger partial charge >= 0.3 is 0 Å². The summed E-state index contributed by atoms with van der Waals surface area (Å²) in [6, 6.07) is 3.92. The number of nitrogens with zero attached hydrogens (tertiary/aromatic N) is 3. The van der Waals surface area contributed by atoms with Crippen LogP contribution in [0.3, 0.4) is 0 Å². The van der Waals surface area contributed by atoms with Crippen molar-refractivity contribution >= 4 is 5.91 Å². The minimum absolute atomic E-state index is 0.136. The van der Waals surface area contributed by atoms with Gasteiger partial charge in [-0.3, -0.25) is 9.78 Å². The van der Waals surface area contributed by atoms with Gasteiger partial charge in [-0.15, -0.1) is 0 Å². The molecule has 23 heavy (non-hydrogen) atoms. The van der Waals surface area contributed by atoms with Crippen molar-refractivity contribution in [1.82, 2.24) is 20.1 Å². The Labute approximate surface area is 140 Å². The second-order valence-corrected chi connectivity index (χ2v) is 6.51. The van der Waals surface area contributed by atoms with E-state index in [2.05, 4.69) is 33.9 Å². The molecule has 1 saturated heterocycles. The van der Waals surface area contributed by atoms with E-state index in [1.807, 2.05) is 18.3 Å². The lowest BCUT2D eigenvalue weighted by Crippen LogP contribution is -2.48. The van der Waals surface area contributed by atoms with Gasteiger partial charge in [-0.2, -0.15) is 0 Å². The number of rotatable bonds is 8. The van der Waals surface area contributed by atoms with Crippen molar-refractivity contribution in [3.05, 3.63) is 30.1 Å². The standard InChI is InChI=1S/C18H30N4O/c1-3-21-9-11-22(12-10-21)15-16(2)13-20-18(23)7-6-17-5-4-8-19-14-17/h4-5,8,14,16H,3,6-7,9-13,15H2,1-2H3,(H,20,23). The highest BCUT2D eigenvalue weighted by Crippen LogP contribution is 2.05. The second kappa shape index (κ2) is 9.63. The smallest absolute Gasteiger partial charge is 0.220 e. The number of likely N-dealkylation sites (N-methyl/N-ethyl adjacent to an activating group) is 1. The third-order valence-electron chi connectivity index (χ3n) is 4.49. The SMILES string of the molecule is CCN1CCN(CC(C)CNC(=O)CCc2cccnc2)CC1. The normalized spacial score (nSPS) is 17.8. The van der Waals surface area contributed by atoms with E-state index in [4.69, 9.17) is 0 Å². The van der Waals surface area contributed by atoms with Gasteiger partial charge in [0.05, 0.1) is 0 Å². The van der Waals surface area contributed by atoms with Gasteiger partial charge in [0.15, 0.2) is 0 Å². The number of pyridine rings is 1. The lowest BCUT2D eigenvalue weighted by Gasteiger charge is -2.35. The molecule has 1 aromatic heterocycles. The first kappa shape index (κ1) is 17.9. The second-order valence-electron chi connectivity index (χ2n) is 6.51. The van der Waals surface area contributed by atoms with Crippen LogP contribution in [-0.2, 0) is 11.2 Å². The van der Waals surface area contributed by atoms with Crippen LogP contribution in [0.5, 0.6) is 0 Å². The van der Waals surface area contributed by atoms with Crippen molar-refractivity contribution in [2.45, 2.75) is 26.7 Å². The minimum Gasteiger partial charge on any atom is -0.356 e. The molecule has 0 bridgehead atoms. The Hall–Kier alpha value is -1.46. The molecule has 5 heteroatoms. The maximum atomic E-state index is 11.9. The van der Waals surface area contributed by atoms with E-state index >= 15 is 0 Å². The molecule has 1 aromatic rings. The summed E-state index contributed by atoms with van der Waals surface area (Å²) in [5, 5.41) is 3.07. The number of nitrogens with one attached hydrogen (secondary N) is 1. The van der Waals surface area contributed by atoms with Crippen molar-refractivity contribution < 1.29 is 4.79 Å². The molecule has 0 spiro atoms. The Balaban J connectivity index is 1.58. The molecule has 0 saturated carbocycles. The zero-order valence-corrected chi connectivity index (χ0v) is 14.5. The van der Waals surface area contributed by atoms with E-state index in [1.54, 1.807) is 6.20 Å². The summed E-state index contributed by atoms with van der Waals surface area (Å²) >= 11 is 0. The van der Waals surface area contributed by atoms with Crippen LogP contribution < -0.4 is 5.32 Å². The number of aryl methyl sites for hydroxylation is 1. The van der Waals surface area contributed by atoms with Crippen LogP contribution in [0.25, 0.3) is 0 Å². The van der Waals surface area contributed by atoms with E-state index in [0.717, 1.165) is 44.7 Å². The van der Waals surface area contributed by atoms with Crippen LogP contribution in [-0.4, -0.2) is 66.5 Å². The van der Waals surface area contributed by atoms with Crippen LogP contribution in [0, 0.1) is 5.92 Å². The summed E-state index contributed by atoms with van der Waals surface area (Å²) in [4.78, 5) is 21.0. The summed E-state index contributed by atoms with van der Waals surface area (Å²) in [5.74, 6) is 0.627. The van der Waals surface area contributed by atoms with Crippen molar-refractivity contribution in [3.8, 4) is 0 Å². The van der Waals surface area contributed by atoms with Crippen LogP contribution in [0.1, 0.15) is 25.8 Å². The largest absolute Gasteiger partial charge is 0.356 e. The zero-order valence-electron chi connectivity index (χ0n) is 14.5. The molecule has 1 aliphatic heterocycles. The van der Waals surface area contributed by atoms with Crippen LogP contribution in [0.4, 0.5) is 0 Å². The number of hydrogen-bond donors (Lipinski definition) is 1. The monoisotopic (exact) mass is 318 g/mol. The van der Waals surface area contributed by atoms with E-state index in [-0.39, 0.29) is 5.91 Å². The Morgan fingerprint density at radius 1 is 1.30 bits per heavy atom. The molecule has 1 unspecified atom stereocenters. The molecule has 0 aromatic carbocycles. The highest BCUT2D eigenvalue weighted by molar-refractivity contribution is 5.76. The Morgan fingerprint density at radius 2 is 2.04 bits per heavy atom. The van der Waals surface area contributed by atoms with Crippen LogP contribution in [0.15, 0.2) is 24.5 Å². The Morgan fingerprint density at radius 3 is 2.70 bits per heavy atom. The molecular weight excluding hydrogens is 288 g/mol. The number of piperazine rings is 1.